The van der Waals surface area contributed by atoms with Crippen LogP contribution < -0.4 is 5.32 Å². The number of para-hydroxylation sites is 1. The number of anilines is 1. The average Bonchev–Trinajstić information content (AvgIpc) is 2.59. The third kappa shape index (κ3) is 6.19. The largest absolute Gasteiger partial charge is 0.453 e. The second-order valence-corrected chi connectivity index (χ2v) is 6.33. The van der Waals surface area contributed by atoms with Gasteiger partial charge in [-0.25, -0.2) is 8.78 Å². The molecular weight excluding hydrogens is 348 g/mol. The predicted molar refractivity (Wildman–Crippen MR) is 92.3 cm³/mol. The third-order valence-electron chi connectivity index (χ3n) is 3.18. The van der Waals surface area contributed by atoms with Crippen LogP contribution in [0.2, 0.25) is 0 Å². The third-order valence-corrected chi connectivity index (χ3v) is 4.18. The van der Waals surface area contributed by atoms with Crippen LogP contribution in [0.4, 0.5) is 14.5 Å². The minimum Gasteiger partial charge on any atom is -0.453 e. The zero-order valence-electron chi connectivity index (χ0n) is 13.5. The monoisotopic (exact) mass is 365 g/mol. The molecule has 0 aromatic heterocycles. The highest BCUT2D eigenvalue weighted by molar-refractivity contribution is 7.99. The maximum absolute atomic E-state index is 13.1. The Balaban J connectivity index is 1.73. The molecule has 2 aromatic rings. The van der Waals surface area contributed by atoms with Gasteiger partial charge in [-0.05, 0) is 37.3 Å². The van der Waals surface area contributed by atoms with Crippen molar-refractivity contribution in [3.63, 3.8) is 0 Å². The summed E-state index contributed by atoms with van der Waals surface area (Å²) >= 11 is 1.20. The molecule has 0 bridgehead atoms. The maximum Gasteiger partial charge on any atom is 0.307 e. The molecule has 1 N–H and O–H groups in total. The topological polar surface area (TPSA) is 55.4 Å². The molecule has 0 aliphatic rings. The minimum atomic E-state index is -0.932. The first-order chi connectivity index (χ1) is 12.0. The van der Waals surface area contributed by atoms with Gasteiger partial charge in [-0.15, -0.1) is 11.8 Å². The molecule has 1 amide bonds. The first kappa shape index (κ1) is 18.9. The summed E-state index contributed by atoms with van der Waals surface area (Å²) in [6.45, 7) is 1.48. The molecule has 0 saturated carbocycles. The molecule has 7 heteroatoms. The molecule has 0 fully saturated rings. The molecule has 0 aliphatic heterocycles. The average molecular weight is 365 g/mol. The van der Waals surface area contributed by atoms with E-state index in [2.05, 4.69) is 5.32 Å². The van der Waals surface area contributed by atoms with Gasteiger partial charge in [-0.2, -0.15) is 0 Å². The molecule has 0 saturated heterocycles. The number of amides is 1. The van der Waals surface area contributed by atoms with Gasteiger partial charge in [0.15, 0.2) is 17.7 Å². The van der Waals surface area contributed by atoms with Crippen LogP contribution in [0.25, 0.3) is 0 Å². The number of benzene rings is 2. The smallest absolute Gasteiger partial charge is 0.307 e. The van der Waals surface area contributed by atoms with Crippen LogP contribution >= 0.6 is 11.8 Å². The highest BCUT2D eigenvalue weighted by Crippen LogP contribution is 2.21. The summed E-state index contributed by atoms with van der Waals surface area (Å²) < 4.78 is 31.0. The Morgan fingerprint density at radius 3 is 2.52 bits per heavy atom. The van der Waals surface area contributed by atoms with E-state index in [1.54, 1.807) is 24.3 Å². The Labute approximate surface area is 148 Å². The fourth-order valence-electron chi connectivity index (χ4n) is 1.89. The molecule has 2 aromatic carbocycles. The molecule has 4 nitrogen and oxygen atoms in total. The van der Waals surface area contributed by atoms with Crippen molar-refractivity contribution in [2.24, 2.45) is 0 Å². The summed E-state index contributed by atoms with van der Waals surface area (Å²) in [4.78, 5) is 24.2. The maximum atomic E-state index is 13.1. The number of halogens is 2. The number of carbonyl (C=O) groups excluding carboxylic acids is 2. The van der Waals surface area contributed by atoms with Crippen LogP contribution in [-0.2, 0) is 14.3 Å². The van der Waals surface area contributed by atoms with Crippen molar-refractivity contribution >= 4 is 29.3 Å². The number of hydrogen-bond donors (Lipinski definition) is 1. The number of thioether (sulfide) groups is 1. The number of hydrogen-bond acceptors (Lipinski definition) is 4. The lowest BCUT2D eigenvalue weighted by Crippen LogP contribution is -2.30. The molecule has 0 heterocycles. The van der Waals surface area contributed by atoms with Gasteiger partial charge in [-0.1, -0.05) is 18.2 Å². The quantitative estimate of drug-likeness (QED) is 0.595. The Morgan fingerprint density at radius 1 is 1.12 bits per heavy atom. The zero-order valence-corrected chi connectivity index (χ0v) is 14.3. The van der Waals surface area contributed by atoms with Gasteiger partial charge < -0.3 is 10.1 Å². The van der Waals surface area contributed by atoms with Crippen molar-refractivity contribution in [2.45, 2.75) is 24.3 Å². The van der Waals surface area contributed by atoms with Crippen LogP contribution in [-0.4, -0.2) is 23.7 Å². The number of ether oxygens (including phenoxy) is 1. The summed E-state index contributed by atoms with van der Waals surface area (Å²) in [5, 5.41) is 2.64. The normalized spacial score (nSPS) is 11.6. The fourth-order valence-corrected chi connectivity index (χ4v) is 2.75. The van der Waals surface area contributed by atoms with Crippen molar-refractivity contribution in [1.29, 1.82) is 0 Å². The van der Waals surface area contributed by atoms with E-state index in [0.717, 1.165) is 12.1 Å². The molecular formula is C18H17F2NO3S. The van der Waals surface area contributed by atoms with Crippen molar-refractivity contribution in [3.05, 3.63) is 60.2 Å². The van der Waals surface area contributed by atoms with Crippen molar-refractivity contribution in [1.82, 2.24) is 0 Å². The number of nitrogens with one attached hydrogen (secondary N) is 1. The summed E-state index contributed by atoms with van der Waals surface area (Å²) in [5.74, 6) is -2.48. The van der Waals surface area contributed by atoms with E-state index in [4.69, 9.17) is 4.74 Å². The lowest BCUT2D eigenvalue weighted by atomic mass is 10.3. The molecule has 0 radical (unpaired) electrons. The lowest BCUT2D eigenvalue weighted by molar-refractivity contribution is -0.152. The van der Waals surface area contributed by atoms with Crippen LogP contribution in [0.15, 0.2) is 53.4 Å². The van der Waals surface area contributed by atoms with Gasteiger partial charge in [0, 0.05) is 16.3 Å². The molecule has 132 valence electrons. The van der Waals surface area contributed by atoms with E-state index < -0.39 is 29.6 Å². The minimum absolute atomic E-state index is 0.0482. The Kier molecular flexibility index (Phi) is 6.94. The molecule has 25 heavy (non-hydrogen) atoms. The van der Waals surface area contributed by atoms with Crippen LogP contribution in [0.3, 0.4) is 0 Å². The highest BCUT2D eigenvalue weighted by atomic mass is 32.2. The Bertz CT molecular complexity index is 740. The van der Waals surface area contributed by atoms with Crippen LogP contribution in [0.1, 0.15) is 13.3 Å². The summed E-state index contributed by atoms with van der Waals surface area (Å²) in [5.41, 5.74) is 0.615. The van der Waals surface area contributed by atoms with E-state index >= 15 is 0 Å². The van der Waals surface area contributed by atoms with Gasteiger partial charge in [0.05, 0.1) is 6.42 Å². The van der Waals surface area contributed by atoms with Gasteiger partial charge in [0.2, 0.25) is 0 Å². The lowest BCUT2D eigenvalue weighted by Gasteiger charge is -2.13. The fraction of sp³-hybridized carbons (Fsp3) is 0.222. The standard InChI is InChI=1S/C18H17F2NO3S/c1-12(18(23)21-13-5-3-2-4-6-13)24-17(22)9-10-25-14-7-8-15(19)16(20)11-14/h2-8,11-12H,9-10H2,1H3,(H,21,23)/t12-/m0/s1. The van der Waals surface area contributed by atoms with Gasteiger partial charge >= 0.3 is 5.97 Å². The number of rotatable bonds is 7. The summed E-state index contributed by atoms with van der Waals surface area (Å²) in [7, 11) is 0. The number of esters is 1. The zero-order chi connectivity index (χ0) is 18.2. The van der Waals surface area contributed by atoms with Crippen molar-refractivity contribution in [2.75, 3.05) is 11.1 Å². The molecule has 1 atom stereocenters. The number of carbonyl (C=O) groups is 2. The van der Waals surface area contributed by atoms with E-state index in [9.17, 15) is 18.4 Å². The van der Waals surface area contributed by atoms with E-state index in [0.29, 0.717) is 16.3 Å². The molecule has 0 aliphatic carbocycles. The van der Waals surface area contributed by atoms with Crippen molar-refractivity contribution < 1.29 is 23.1 Å². The second kappa shape index (κ2) is 9.17. The summed E-state index contributed by atoms with van der Waals surface area (Å²) in [6, 6.07) is 12.4. The molecule has 2 rings (SSSR count). The van der Waals surface area contributed by atoms with Crippen LogP contribution in [0.5, 0.6) is 0 Å². The highest BCUT2D eigenvalue weighted by Gasteiger charge is 2.17. The SMILES string of the molecule is C[C@H](OC(=O)CCSc1ccc(F)c(F)c1)C(=O)Nc1ccccc1. The Hall–Kier alpha value is -2.41. The molecule has 0 spiro atoms. The van der Waals surface area contributed by atoms with Gasteiger partial charge in [0.1, 0.15) is 0 Å². The summed E-state index contributed by atoms with van der Waals surface area (Å²) in [6.07, 6.45) is -0.881. The first-order valence-electron chi connectivity index (χ1n) is 7.59. The van der Waals surface area contributed by atoms with Crippen molar-refractivity contribution in [3.8, 4) is 0 Å². The van der Waals surface area contributed by atoms with E-state index in [1.807, 2.05) is 6.07 Å². The van der Waals surface area contributed by atoms with Gasteiger partial charge in [-0.3, -0.25) is 9.59 Å². The predicted octanol–water partition coefficient (Wildman–Crippen LogP) is 4.02. The van der Waals surface area contributed by atoms with E-state index in [-0.39, 0.29) is 6.42 Å². The van der Waals surface area contributed by atoms with Gasteiger partial charge in [0.25, 0.3) is 5.91 Å². The van der Waals surface area contributed by atoms with Crippen LogP contribution in [0, 0.1) is 11.6 Å². The van der Waals surface area contributed by atoms with E-state index in [1.165, 1.54) is 24.8 Å². The second-order valence-electron chi connectivity index (χ2n) is 5.16. The molecule has 0 unspecified atom stereocenters. The first-order valence-corrected chi connectivity index (χ1v) is 8.57. The Morgan fingerprint density at radius 2 is 1.84 bits per heavy atom.